The fourth-order valence-corrected chi connectivity index (χ4v) is 5.10. The first-order valence-corrected chi connectivity index (χ1v) is 11.8. The van der Waals surface area contributed by atoms with Crippen molar-refractivity contribution in [3.63, 3.8) is 0 Å². The standard InChI is InChI=1S/C23H18N8O3S/c1-13-26-27-23-31(13)28-18(35-23)9-12-29-17(25-19-16(22(29)34)7-4-10-24-19)8-11-30-20(32)14-5-2-3-6-15(14)21(30)33/h2-7,10H,8-9,11-12H2,1H3. The van der Waals surface area contributed by atoms with E-state index in [1.807, 2.05) is 6.92 Å². The van der Waals surface area contributed by atoms with Crippen molar-refractivity contribution in [1.29, 1.82) is 0 Å². The fraction of sp³-hybridized carbons (Fsp3) is 0.217. The van der Waals surface area contributed by atoms with Crippen LogP contribution in [0.2, 0.25) is 0 Å². The molecular weight excluding hydrogens is 468 g/mol. The van der Waals surface area contributed by atoms with Gasteiger partial charge in [0.2, 0.25) is 4.96 Å². The van der Waals surface area contributed by atoms with Gasteiger partial charge in [0.1, 0.15) is 10.8 Å². The maximum atomic E-state index is 13.3. The van der Waals surface area contributed by atoms with E-state index in [1.54, 1.807) is 51.7 Å². The van der Waals surface area contributed by atoms with Crippen LogP contribution < -0.4 is 5.56 Å². The van der Waals surface area contributed by atoms with Crippen molar-refractivity contribution in [2.45, 2.75) is 26.3 Å². The van der Waals surface area contributed by atoms with Crippen molar-refractivity contribution in [3.8, 4) is 0 Å². The second-order valence-corrected chi connectivity index (χ2v) is 9.14. The third kappa shape index (κ3) is 3.49. The van der Waals surface area contributed by atoms with Gasteiger partial charge in [0.15, 0.2) is 11.5 Å². The van der Waals surface area contributed by atoms with Crippen LogP contribution in [0.25, 0.3) is 16.0 Å². The first-order chi connectivity index (χ1) is 17.0. The van der Waals surface area contributed by atoms with Crippen molar-refractivity contribution in [2.24, 2.45) is 0 Å². The maximum absolute atomic E-state index is 13.3. The molecule has 1 aliphatic heterocycles. The normalized spacial score (nSPS) is 13.3. The highest BCUT2D eigenvalue weighted by molar-refractivity contribution is 7.16. The summed E-state index contributed by atoms with van der Waals surface area (Å²) in [5, 5.41) is 13.8. The average molecular weight is 487 g/mol. The number of hydrogen-bond acceptors (Lipinski definition) is 9. The van der Waals surface area contributed by atoms with Crippen LogP contribution >= 0.6 is 11.3 Å². The quantitative estimate of drug-likeness (QED) is 0.332. The monoisotopic (exact) mass is 486 g/mol. The van der Waals surface area contributed by atoms with E-state index in [0.717, 1.165) is 5.01 Å². The molecule has 2 amide bonds. The Labute approximate surface area is 201 Å². The number of fused-ring (bicyclic) bond motifs is 3. The number of amides is 2. The smallest absolute Gasteiger partial charge is 0.263 e. The Morgan fingerprint density at radius 2 is 1.69 bits per heavy atom. The molecule has 5 aromatic rings. The largest absolute Gasteiger partial charge is 0.296 e. The Balaban J connectivity index is 1.31. The number of hydrogen-bond donors (Lipinski definition) is 0. The summed E-state index contributed by atoms with van der Waals surface area (Å²) in [6.45, 7) is 2.26. The molecule has 0 spiro atoms. The zero-order chi connectivity index (χ0) is 24.1. The van der Waals surface area contributed by atoms with Crippen molar-refractivity contribution >= 4 is 39.1 Å². The zero-order valence-electron chi connectivity index (χ0n) is 18.6. The number of benzene rings is 1. The molecule has 0 saturated carbocycles. The molecule has 1 aromatic carbocycles. The number of aromatic nitrogens is 7. The second kappa shape index (κ2) is 8.17. The zero-order valence-corrected chi connectivity index (χ0v) is 19.4. The van der Waals surface area contributed by atoms with E-state index in [-0.39, 0.29) is 30.3 Å². The number of aryl methyl sites for hydroxylation is 2. The predicted molar refractivity (Wildman–Crippen MR) is 126 cm³/mol. The van der Waals surface area contributed by atoms with Gasteiger partial charge in [-0.1, -0.05) is 23.5 Å². The molecule has 12 heteroatoms. The lowest BCUT2D eigenvalue weighted by Crippen LogP contribution is -2.34. The Bertz CT molecular complexity index is 1670. The number of carbonyl (C=O) groups is 2. The van der Waals surface area contributed by atoms with Crippen molar-refractivity contribution < 1.29 is 9.59 Å². The lowest BCUT2D eigenvalue weighted by molar-refractivity contribution is 0.0655. The summed E-state index contributed by atoms with van der Waals surface area (Å²) in [7, 11) is 0. The van der Waals surface area contributed by atoms with Crippen LogP contribution in [0.5, 0.6) is 0 Å². The molecule has 5 heterocycles. The Kier molecular flexibility index (Phi) is 4.95. The maximum Gasteiger partial charge on any atom is 0.263 e. The first kappa shape index (κ1) is 21.2. The van der Waals surface area contributed by atoms with Crippen LogP contribution in [0.4, 0.5) is 0 Å². The van der Waals surface area contributed by atoms with Crippen molar-refractivity contribution in [2.75, 3.05) is 6.54 Å². The van der Waals surface area contributed by atoms with E-state index >= 15 is 0 Å². The molecule has 4 aromatic heterocycles. The van der Waals surface area contributed by atoms with Crippen LogP contribution in [0.3, 0.4) is 0 Å². The molecule has 0 N–H and O–H groups in total. The van der Waals surface area contributed by atoms with Crippen LogP contribution in [-0.2, 0) is 19.4 Å². The highest BCUT2D eigenvalue weighted by Gasteiger charge is 2.35. The van der Waals surface area contributed by atoms with Gasteiger partial charge in [-0.05, 0) is 31.2 Å². The summed E-state index contributed by atoms with van der Waals surface area (Å²) in [5.74, 6) is 0.471. The van der Waals surface area contributed by atoms with E-state index in [0.29, 0.717) is 51.7 Å². The van der Waals surface area contributed by atoms with Crippen molar-refractivity contribution in [1.82, 2.24) is 39.2 Å². The minimum absolute atomic E-state index is 0.104. The number of carbonyl (C=O) groups excluding carboxylic acids is 2. The molecule has 174 valence electrons. The van der Waals surface area contributed by atoms with Gasteiger partial charge in [0, 0.05) is 32.1 Å². The number of pyridine rings is 1. The molecule has 0 radical (unpaired) electrons. The van der Waals surface area contributed by atoms with Gasteiger partial charge in [-0.15, -0.1) is 10.2 Å². The van der Waals surface area contributed by atoms with Crippen LogP contribution in [0.1, 0.15) is 37.4 Å². The SMILES string of the molecule is Cc1nnc2sc(CCn3c(CCN4C(=O)c5ccccc5C4=O)nc4ncccc4c3=O)nn12. The van der Waals surface area contributed by atoms with E-state index < -0.39 is 0 Å². The van der Waals surface area contributed by atoms with E-state index in [4.69, 9.17) is 0 Å². The summed E-state index contributed by atoms with van der Waals surface area (Å²) < 4.78 is 3.26. The minimum Gasteiger partial charge on any atom is -0.296 e. The molecule has 0 unspecified atom stereocenters. The van der Waals surface area contributed by atoms with Crippen LogP contribution in [0.15, 0.2) is 47.4 Å². The third-order valence-corrected chi connectivity index (χ3v) is 6.94. The number of imide groups is 1. The van der Waals surface area contributed by atoms with Gasteiger partial charge in [0.05, 0.1) is 16.5 Å². The van der Waals surface area contributed by atoms with E-state index in [9.17, 15) is 14.4 Å². The summed E-state index contributed by atoms with van der Waals surface area (Å²) >= 11 is 1.41. The highest BCUT2D eigenvalue weighted by atomic mass is 32.1. The Morgan fingerprint density at radius 1 is 0.914 bits per heavy atom. The predicted octanol–water partition coefficient (Wildman–Crippen LogP) is 1.68. The molecule has 0 aliphatic carbocycles. The molecule has 6 rings (SSSR count). The summed E-state index contributed by atoms with van der Waals surface area (Å²) in [6.07, 6.45) is 2.28. The summed E-state index contributed by atoms with van der Waals surface area (Å²) in [4.78, 5) is 49.6. The van der Waals surface area contributed by atoms with Gasteiger partial charge < -0.3 is 0 Å². The lowest BCUT2D eigenvalue weighted by Gasteiger charge is -2.16. The van der Waals surface area contributed by atoms with Gasteiger partial charge in [0.25, 0.3) is 17.4 Å². The topological polar surface area (TPSA) is 128 Å². The van der Waals surface area contributed by atoms with Gasteiger partial charge in [-0.25, -0.2) is 9.97 Å². The van der Waals surface area contributed by atoms with Gasteiger partial charge >= 0.3 is 0 Å². The molecule has 1 aliphatic rings. The second-order valence-electron chi connectivity index (χ2n) is 8.10. The molecule has 0 fully saturated rings. The summed E-state index contributed by atoms with van der Waals surface area (Å²) in [6, 6.07) is 10.1. The van der Waals surface area contributed by atoms with E-state index in [1.165, 1.54) is 16.2 Å². The highest BCUT2D eigenvalue weighted by Crippen LogP contribution is 2.23. The summed E-state index contributed by atoms with van der Waals surface area (Å²) in [5.41, 5.74) is 0.892. The van der Waals surface area contributed by atoms with Crippen molar-refractivity contribution in [3.05, 3.63) is 80.7 Å². The minimum atomic E-state index is -0.339. The first-order valence-electron chi connectivity index (χ1n) is 11.0. The Morgan fingerprint density at radius 3 is 2.43 bits per heavy atom. The Hall–Kier alpha value is -4.32. The number of nitrogens with zero attached hydrogens (tertiary/aromatic N) is 8. The molecular formula is C23H18N8O3S. The number of rotatable bonds is 6. The van der Waals surface area contributed by atoms with Crippen LogP contribution in [0, 0.1) is 6.92 Å². The molecule has 11 nitrogen and oxygen atoms in total. The molecule has 0 atom stereocenters. The van der Waals surface area contributed by atoms with Gasteiger partial charge in [-0.3, -0.25) is 23.9 Å². The lowest BCUT2D eigenvalue weighted by atomic mass is 10.1. The third-order valence-electron chi connectivity index (χ3n) is 5.98. The molecule has 0 saturated heterocycles. The van der Waals surface area contributed by atoms with Crippen LogP contribution in [-0.4, -0.2) is 57.6 Å². The van der Waals surface area contributed by atoms with Gasteiger partial charge in [-0.2, -0.15) is 9.61 Å². The molecule has 0 bridgehead atoms. The fourth-order valence-electron chi connectivity index (χ4n) is 4.24. The van der Waals surface area contributed by atoms with E-state index in [2.05, 4.69) is 25.3 Å². The average Bonchev–Trinajstić information content (AvgIpc) is 3.51. The molecule has 35 heavy (non-hydrogen) atoms.